The molecule has 0 aliphatic carbocycles. The van der Waals surface area contributed by atoms with Gasteiger partial charge in [-0.1, -0.05) is 138 Å². The van der Waals surface area contributed by atoms with Crippen molar-refractivity contribution in [3.63, 3.8) is 0 Å². The molecule has 104 heavy (non-hydrogen) atoms. The molecule has 0 unspecified atom stereocenters. The van der Waals surface area contributed by atoms with E-state index in [2.05, 4.69) is 176 Å². The van der Waals surface area contributed by atoms with E-state index in [9.17, 15) is 26.3 Å². The molecule has 0 bridgehead atoms. The number of pyridine rings is 6. The third-order valence-electron chi connectivity index (χ3n) is 16.0. The maximum absolute atomic E-state index is 13.2. The third-order valence-corrected chi connectivity index (χ3v) is 16.0. The minimum Gasteiger partial charge on any atom is -0.574 e. The number of para-hydroxylation sites is 3. The summed E-state index contributed by atoms with van der Waals surface area (Å²) in [7, 11) is 6.16. The molecule has 27 heteroatoms. The number of aromatic nitrogens is 18. The number of tetrazole rings is 1. The molecule has 18 rings (SSSR count). The van der Waals surface area contributed by atoms with Gasteiger partial charge in [0.15, 0.2) is 0 Å². The fraction of sp³-hybridized carbons (Fsp3) is 0.0649. The van der Waals surface area contributed by atoms with Gasteiger partial charge in [0.05, 0.1) is 58.0 Å². The van der Waals surface area contributed by atoms with Crippen molar-refractivity contribution >= 4 is 65.4 Å². The Labute approximate surface area is 630 Å². The Bertz CT molecular complexity index is 5550. The summed E-state index contributed by atoms with van der Waals surface area (Å²) in [5.41, 5.74) is 12.9. The van der Waals surface area contributed by atoms with Crippen LogP contribution in [0.15, 0.2) is 225 Å². The summed E-state index contributed by atoms with van der Waals surface area (Å²) < 4.78 is 83.8. The number of hydrogen-bond acceptors (Lipinski definition) is 12. The molecule has 525 valence electrons. The molecule has 0 atom stereocenters. The molecule has 12 aromatic heterocycles. The number of fused-ring (bicyclic) bond motifs is 9. The van der Waals surface area contributed by atoms with Gasteiger partial charge in [-0.05, 0) is 91.4 Å². The summed E-state index contributed by atoms with van der Waals surface area (Å²) in [6, 6.07) is 61.6. The monoisotopic (exact) mass is 1920 g/mol. The first-order valence-corrected chi connectivity index (χ1v) is 31.0. The van der Waals surface area contributed by atoms with E-state index in [1.165, 1.54) is 38.1 Å². The fourth-order valence-corrected chi connectivity index (χ4v) is 11.2. The zero-order valence-electron chi connectivity index (χ0n) is 55.2. The van der Waals surface area contributed by atoms with Crippen molar-refractivity contribution in [3.8, 4) is 68.2 Å². The second-order valence-corrected chi connectivity index (χ2v) is 22.5. The standard InChI is InChI=1S/C16H13N4.C15H12N5.C13H9N6.3C11H6F2N.3Ir/c1-10-7-14(19-18-10)13-8-12-11-5-3-4-6-15(11)20(2)16(12)9-17-13;1-9-17-15(19-18-9)12-7-11-10-5-3-4-6-13(10)20(2)14(11)8-16-12;1-19-11-5-3-2-4-8(11)9-6-10(14-7-12(9)19)13-15-17-18-16-13;3*12-8-4-5-9(10(13)7-8)11-3-1-2-6-14-11;;;/h3-9H,1-2H3;3-8H,1-2H3;2-7H,1H3;3*1-4,6-7H;;;/q6*-1;;;. The Kier molecular flexibility index (Phi) is 24.6. The average molecular weight is 1920 g/mol. The Hall–Kier alpha value is -11.4. The van der Waals surface area contributed by atoms with Gasteiger partial charge in [-0.2, -0.15) is 5.21 Å². The van der Waals surface area contributed by atoms with E-state index in [4.69, 9.17) is 0 Å². The van der Waals surface area contributed by atoms with Crippen LogP contribution in [-0.2, 0) is 81.5 Å². The van der Waals surface area contributed by atoms with Crippen molar-refractivity contribution in [1.29, 1.82) is 0 Å². The molecule has 18 aromatic rings. The van der Waals surface area contributed by atoms with Gasteiger partial charge in [0.25, 0.3) is 0 Å². The van der Waals surface area contributed by atoms with Gasteiger partial charge < -0.3 is 54.0 Å². The largest absolute Gasteiger partial charge is 0.574 e. The van der Waals surface area contributed by atoms with E-state index < -0.39 is 34.9 Å². The maximum atomic E-state index is 13.2. The Morgan fingerprint density at radius 2 is 0.731 bits per heavy atom. The van der Waals surface area contributed by atoms with Crippen molar-refractivity contribution in [2.75, 3.05) is 0 Å². The summed E-state index contributed by atoms with van der Waals surface area (Å²) >= 11 is 0. The molecule has 18 nitrogen and oxygen atoms in total. The zero-order valence-corrected chi connectivity index (χ0v) is 62.4. The third kappa shape index (κ3) is 16.7. The minimum absolute atomic E-state index is 0. The quantitative estimate of drug-likeness (QED) is 0.112. The van der Waals surface area contributed by atoms with Crippen LogP contribution in [0.1, 0.15) is 11.5 Å². The predicted octanol–water partition coefficient (Wildman–Crippen LogP) is 15.5. The summed E-state index contributed by atoms with van der Waals surface area (Å²) in [6.45, 7) is 3.76. The molecule has 12 heterocycles. The van der Waals surface area contributed by atoms with Crippen molar-refractivity contribution in [2.24, 2.45) is 21.1 Å². The van der Waals surface area contributed by atoms with E-state index in [-0.39, 0.29) is 77.0 Å². The molecule has 0 aliphatic heterocycles. The molecule has 0 fully saturated rings. The van der Waals surface area contributed by atoms with E-state index in [0.29, 0.717) is 40.2 Å². The van der Waals surface area contributed by atoms with Gasteiger partial charge in [-0.15, -0.1) is 36.4 Å². The van der Waals surface area contributed by atoms with Crippen LogP contribution in [0.25, 0.3) is 134 Å². The SMILES string of the molecule is Cc1cc(-c2cc3c4ccccc4n(C)c3cn2)[n-]n1.Cc1n[n-]c(-c2cc3c4ccccc4n(C)c3cn2)n1.Cn1c2ccccc2c2cc(-c3nnn[n-]3)ncc21.Fc1c[c-]c(-c2ccccn2)c(F)c1.Fc1c[c-]c(-c2ccccn2)c(F)c1.Fc1c[c-]c(-c2ccccn2)c(F)c1.[Ir].[Ir].[Ir]. The molecule has 0 saturated carbocycles. The van der Waals surface area contributed by atoms with E-state index in [0.717, 1.165) is 86.5 Å². The zero-order chi connectivity index (χ0) is 70.1. The van der Waals surface area contributed by atoms with Crippen molar-refractivity contribution in [3.05, 3.63) is 290 Å². The second-order valence-electron chi connectivity index (χ2n) is 22.5. The number of aryl methyl sites for hydroxylation is 5. The first-order chi connectivity index (χ1) is 49.1. The van der Waals surface area contributed by atoms with E-state index >= 15 is 0 Å². The van der Waals surface area contributed by atoms with Crippen molar-refractivity contribution in [1.82, 2.24) is 89.6 Å². The number of benzene rings is 6. The van der Waals surface area contributed by atoms with Crippen LogP contribution >= 0.6 is 0 Å². The first kappa shape index (κ1) is 75.2. The number of hydrogen-bond donors (Lipinski definition) is 0. The van der Waals surface area contributed by atoms with Crippen LogP contribution in [0.3, 0.4) is 0 Å². The summed E-state index contributed by atoms with van der Waals surface area (Å²) in [5.74, 6) is -2.16. The van der Waals surface area contributed by atoms with Crippen molar-refractivity contribution < 1.29 is 86.7 Å². The topological polar surface area (TPSA) is 212 Å². The molecular weight excluding hydrogens is 1870 g/mol. The molecular formula is C77H52F6Ir3N18-6. The second kappa shape index (κ2) is 34.0. The van der Waals surface area contributed by atoms with Gasteiger partial charge in [-0.3, -0.25) is 56.7 Å². The summed E-state index contributed by atoms with van der Waals surface area (Å²) in [6.07, 6.45) is 10.3. The Morgan fingerprint density at radius 3 is 1.07 bits per heavy atom. The minimum atomic E-state index is -0.649. The molecule has 0 saturated heterocycles. The van der Waals surface area contributed by atoms with E-state index in [1.54, 1.807) is 73.2 Å². The number of halogens is 6. The van der Waals surface area contributed by atoms with E-state index in [1.807, 2.05) is 82.0 Å². The number of nitrogens with zero attached hydrogens (tertiary/aromatic N) is 18. The molecule has 0 spiro atoms. The smallest absolute Gasteiger partial charge is 0.0780 e. The Balaban J connectivity index is 0.000000134. The fourth-order valence-electron chi connectivity index (χ4n) is 11.2. The molecule has 3 radical (unpaired) electrons. The summed E-state index contributed by atoms with van der Waals surface area (Å²) in [5, 5.41) is 38.0. The maximum Gasteiger partial charge on any atom is 0.0780 e. The van der Waals surface area contributed by atoms with Gasteiger partial charge >= 0.3 is 0 Å². The van der Waals surface area contributed by atoms with Crippen LogP contribution in [-0.4, -0.2) is 74.3 Å². The first-order valence-electron chi connectivity index (χ1n) is 31.0. The molecule has 6 aromatic carbocycles. The van der Waals surface area contributed by atoms with Crippen LogP contribution < -0.4 is 15.3 Å². The Morgan fingerprint density at radius 1 is 0.356 bits per heavy atom. The molecule has 0 N–H and O–H groups in total. The normalized spacial score (nSPS) is 10.6. The molecule has 0 aliphatic rings. The van der Waals surface area contributed by atoms with Crippen LogP contribution in [0.2, 0.25) is 0 Å². The number of rotatable bonds is 6. The van der Waals surface area contributed by atoms with Crippen LogP contribution in [0.5, 0.6) is 0 Å². The molecule has 0 amide bonds. The predicted molar refractivity (Wildman–Crippen MR) is 372 cm³/mol. The van der Waals surface area contributed by atoms with Crippen molar-refractivity contribution in [2.45, 2.75) is 13.8 Å². The van der Waals surface area contributed by atoms with Gasteiger partial charge in [0.2, 0.25) is 0 Å². The van der Waals surface area contributed by atoms with Crippen LogP contribution in [0, 0.1) is 66.9 Å². The summed E-state index contributed by atoms with van der Waals surface area (Å²) in [4.78, 5) is 29.5. The average Bonchev–Trinajstić information content (AvgIpc) is 1.62. The van der Waals surface area contributed by atoms with Gasteiger partial charge in [0.1, 0.15) is 0 Å². The van der Waals surface area contributed by atoms with Gasteiger partial charge in [-0.25, -0.2) is 0 Å². The van der Waals surface area contributed by atoms with Gasteiger partial charge in [0, 0.05) is 195 Å². The van der Waals surface area contributed by atoms with Crippen LogP contribution in [0.4, 0.5) is 26.3 Å².